The molecule has 2 aromatic rings. The molecule has 2 aromatic carbocycles. The molecular weight excluding hydrogens is 314 g/mol. The van der Waals surface area contributed by atoms with Crippen LogP contribution in [0.2, 0.25) is 0 Å². The first-order valence-electron chi connectivity index (χ1n) is 8.76. The zero-order chi connectivity index (χ0) is 17.5. The molecule has 1 saturated heterocycles. The highest BCUT2D eigenvalue weighted by atomic mass is 16.3. The number of nitrogens with one attached hydrogen (secondary N) is 1. The van der Waals surface area contributed by atoms with Crippen molar-refractivity contribution in [3.63, 3.8) is 0 Å². The number of benzene rings is 2. The van der Waals surface area contributed by atoms with Crippen LogP contribution in [-0.4, -0.2) is 66.7 Å². The summed E-state index contributed by atoms with van der Waals surface area (Å²) in [5.41, 5.74) is 2.97. The Hall–Kier alpha value is -2.21. The molecule has 0 aliphatic carbocycles. The third-order valence-corrected chi connectivity index (χ3v) is 4.53. The van der Waals surface area contributed by atoms with Crippen LogP contribution in [0, 0.1) is 0 Å². The van der Waals surface area contributed by atoms with Gasteiger partial charge in [-0.3, -0.25) is 14.6 Å². The van der Waals surface area contributed by atoms with Gasteiger partial charge in [0, 0.05) is 44.0 Å². The molecule has 0 atom stereocenters. The molecule has 5 nitrogen and oxygen atoms in total. The van der Waals surface area contributed by atoms with E-state index in [9.17, 15) is 4.79 Å². The van der Waals surface area contributed by atoms with Gasteiger partial charge in [-0.05, 0) is 11.6 Å². The maximum Gasteiger partial charge on any atom is 0.238 e. The molecule has 0 spiro atoms. The first-order chi connectivity index (χ1) is 12.3. The van der Waals surface area contributed by atoms with Gasteiger partial charge in [0.15, 0.2) is 0 Å². The molecule has 1 heterocycles. The smallest absolute Gasteiger partial charge is 0.238 e. The van der Waals surface area contributed by atoms with Crippen molar-refractivity contribution in [1.82, 2.24) is 9.80 Å². The third-order valence-electron chi connectivity index (χ3n) is 4.53. The number of amides is 1. The van der Waals surface area contributed by atoms with Crippen LogP contribution in [0.3, 0.4) is 0 Å². The summed E-state index contributed by atoms with van der Waals surface area (Å²) in [4.78, 5) is 16.8. The topological polar surface area (TPSA) is 55.8 Å². The van der Waals surface area contributed by atoms with E-state index in [1.807, 2.05) is 54.6 Å². The number of anilines is 1. The van der Waals surface area contributed by atoms with Gasteiger partial charge >= 0.3 is 0 Å². The predicted octanol–water partition coefficient (Wildman–Crippen LogP) is 1.90. The minimum atomic E-state index is 0.0130. The summed E-state index contributed by atoms with van der Waals surface area (Å²) < 4.78 is 0. The molecule has 3 rings (SSSR count). The molecule has 132 valence electrons. The standard InChI is InChI=1S/C20H25N3O2/c24-15-14-22-10-12-23(13-11-22)16-20(25)21-19-9-5-4-8-18(19)17-6-2-1-3-7-17/h1-9,24H,10-16H2,(H,21,25). The van der Waals surface area contributed by atoms with Gasteiger partial charge in [-0.25, -0.2) is 0 Å². The fraction of sp³-hybridized carbons (Fsp3) is 0.350. The lowest BCUT2D eigenvalue weighted by Gasteiger charge is -2.33. The number of hydrogen-bond donors (Lipinski definition) is 2. The number of piperazine rings is 1. The van der Waals surface area contributed by atoms with E-state index in [0.29, 0.717) is 13.1 Å². The maximum absolute atomic E-state index is 12.5. The molecule has 1 aliphatic rings. The van der Waals surface area contributed by atoms with Crippen molar-refractivity contribution in [1.29, 1.82) is 0 Å². The monoisotopic (exact) mass is 339 g/mol. The number of aliphatic hydroxyl groups excluding tert-OH is 1. The Morgan fingerprint density at radius 1 is 0.920 bits per heavy atom. The van der Waals surface area contributed by atoms with Gasteiger partial charge in [-0.1, -0.05) is 48.5 Å². The van der Waals surface area contributed by atoms with E-state index in [2.05, 4.69) is 15.1 Å². The second kappa shape index (κ2) is 8.76. The molecule has 0 aromatic heterocycles. The molecule has 0 unspecified atom stereocenters. The molecule has 5 heteroatoms. The molecule has 1 amide bonds. The Balaban J connectivity index is 1.59. The zero-order valence-electron chi connectivity index (χ0n) is 14.4. The molecule has 25 heavy (non-hydrogen) atoms. The van der Waals surface area contributed by atoms with Crippen molar-refractivity contribution in [3.8, 4) is 11.1 Å². The van der Waals surface area contributed by atoms with Crippen molar-refractivity contribution in [3.05, 3.63) is 54.6 Å². The fourth-order valence-electron chi connectivity index (χ4n) is 3.17. The molecule has 0 radical (unpaired) electrons. The summed E-state index contributed by atoms with van der Waals surface area (Å²) in [7, 11) is 0. The highest BCUT2D eigenvalue weighted by Crippen LogP contribution is 2.27. The molecule has 1 fully saturated rings. The lowest BCUT2D eigenvalue weighted by molar-refractivity contribution is -0.117. The number of nitrogens with zero attached hydrogens (tertiary/aromatic N) is 2. The number of β-amino-alcohol motifs (C(OH)–C–C–N with tert-alkyl or cyclic N) is 1. The van der Waals surface area contributed by atoms with Gasteiger partial charge in [0.2, 0.25) is 5.91 Å². The van der Waals surface area contributed by atoms with Crippen LogP contribution in [-0.2, 0) is 4.79 Å². The highest BCUT2D eigenvalue weighted by Gasteiger charge is 2.19. The Morgan fingerprint density at radius 2 is 1.56 bits per heavy atom. The van der Waals surface area contributed by atoms with E-state index in [1.54, 1.807) is 0 Å². The van der Waals surface area contributed by atoms with Crippen LogP contribution in [0.5, 0.6) is 0 Å². The summed E-state index contributed by atoms with van der Waals surface area (Å²) in [6.07, 6.45) is 0. The second-order valence-corrected chi connectivity index (χ2v) is 6.30. The summed E-state index contributed by atoms with van der Waals surface area (Å²) >= 11 is 0. The number of rotatable bonds is 6. The van der Waals surface area contributed by atoms with Gasteiger partial charge in [0.25, 0.3) is 0 Å². The number of para-hydroxylation sites is 1. The van der Waals surface area contributed by atoms with E-state index in [1.165, 1.54) is 0 Å². The predicted molar refractivity (Wildman–Crippen MR) is 100 cm³/mol. The first kappa shape index (κ1) is 17.6. The van der Waals surface area contributed by atoms with Crippen molar-refractivity contribution >= 4 is 11.6 Å². The molecule has 1 aliphatic heterocycles. The van der Waals surface area contributed by atoms with Crippen LogP contribution in [0.1, 0.15) is 0 Å². The molecule has 0 saturated carbocycles. The van der Waals surface area contributed by atoms with Crippen molar-refractivity contribution in [2.75, 3.05) is 51.2 Å². The van der Waals surface area contributed by atoms with E-state index in [0.717, 1.165) is 43.0 Å². The van der Waals surface area contributed by atoms with E-state index >= 15 is 0 Å². The summed E-state index contributed by atoms with van der Waals surface area (Å²) in [6.45, 7) is 4.81. The zero-order valence-corrected chi connectivity index (χ0v) is 14.4. The summed E-state index contributed by atoms with van der Waals surface area (Å²) in [5.74, 6) is 0.0130. The maximum atomic E-state index is 12.5. The lowest BCUT2D eigenvalue weighted by Crippen LogP contribution is -2.49. The van der Waals surface area contributed by atoms with Gasteiger partial charge in [-0.15, -0.1) is 0 Å². The van der Waals surface area contributed by atoms with E-state index < -0.39 is 0 Å². The number of carbonyl (C=O) groups excluding carboxylic acids is 1. The number of carbonyl (C=O) groups is 1. The minimum absolute atomic E-state index is 0.0130. The summed E-state index contributed by atoms with van der Waals surface area (Å²) in [5, 5.41) is 12.1. The lowest BCUT2D eigenvalue weighted by atomic mass is 10.0. The van der Waals surface area contributed by atoms with Crippen molar-refractivity contribution < 1.29 is 9.90 Å². The molecule has 0 bridgehead atoms. The SMILES string of the molecule is O=C(CN1CCN(CCO)CC1)Nc1ccccc1-c1ccccc1. The first-order valence-corrected chi connectivity index (χ1v) is 8.76. The largest absolute Gasteiger partial charge is 0.395 e. The van der Waals surface area contributed by atoms with Gasteiger partial charge in [0.05, 0.1) is 13.2 Å². The minimum Gasteiger partial charge on any atom is -0.395 e. The van der Waals surface area contributed by atoms with Gasteiger partial charge < -0.3 is 10.4 Å². The highest BCUT2D eigenvalue weighted by molar-refractivity contribution is 5.96. The van der Waals surface area contributed by atoms with E-state index in [-0.39, 0.29) is 12.5 Å². The fourth-order valence-corrected chi connectivity index (χ4v) is 3.17. The summed E-state index contributed by atoms with van der Waals surface area (Å²) in [6, 6.07) is 18.0. The van der Waals surface area contributed by atoms with Crippen LogP contribution in [0.25, 0.3) is 11.1 Å². The average Bonchev–Trinajstić information content (AvgIpc) is 2.65. The Kier molecular flexibility index (Phi) is 6.17. The number of hydrogen-bond acceptors (Lipinski definition) is 4. The van der Waals surface area contributed by atoms with E-state index in [4.69, 9.17) is 5.11 Å². The average molecular weight is 339 g/mol. The molecular formula is C20H25N3O2. The van der Waals surface area contributed by atoms with Crippen molar-refractivity contribution in [2.24, 2.45) is 0 Å². The van der Waals surface area contributed by atoms with Gasteiger partial charge in [-0.2, -0.15) is 0 Å². The number of aliphatic hydroxyl groups is 1. The van der Waals surface area contributed by atoms with Crippen LogP contribution >= 0.6 is 0 Å². The van der Waals surface area contributed by atoms with Crippen LogP contribution < -0.4 is 5.32 Å². The quantitative estimate of drug-likeness (QED) is 0.844. The van der Waals surface area contributed by atoms with Crippen molar-refractivity contribution in [2.45, 2.75) is 0 Å². The second-order valence-electron chi connectivity index (χ2n) is 6.30. The molecule has 2 N–H and O–H groups in total. The Bertz CT molecular complexity index is 682. The normalized spacial score (nSPS) is 15.9. The Labute approximate surface area is 148 Å². The van der Waals surface area contributed by atoms with Crippen LogP contribution in [0.15, 0.2) is 54.6 Å². The van der Waals surface area contributed by atoms with Gasteiger partial charge in [0.1, 0.15) is 0 Å². The van der Waals surface area contributed by atoms with Crippen LogP contribution in [0.4, 0.5) is 5.69 Å². The third kappa shape index (κ3) is 4.89. The Morgan fingerprint density at radius 3 is 2.28 bits per heavy atom.